The summed E-state index contributed by atoms with van der Waals surface area (Å²) >= 11 is 0. The van der Waals surface area contributed by atoms with E-state index in [1.54, 1.807) is 31.4 Å². The van der Waals surface area contributed by atoms with Crippen LogP contribution in [0.1, 0.15) is 50.3 Å². The molecule has 0 fully saturated rings. The van der Waals surface area contributed by atoms with Crippen molar-refractivity contribution in [2.45, 2.75) is 58.7 Å². The summed E-state index contributed by atoms with van der Waals surface area (Å²) in [6.45, 7) is 7.46. The highest BCUT2D eigenvalue weighted by atomic mass is 32.2. The first-order chi connectivity index (χ1) is 19.4. The van der Waals surface area contributed by atoms with E-state index in [9.17, 15) is 18.0 Å². The lowest BCUT2D eigenvalue weighted by atomic mass is 10.0. The number of nitrogens with zero attached hydrogens (tertiary/aromatic N) is 2. The van der Waals surface area contributed by atoms with E-state index in [2.05, 4.69) is 19.2 Å². The van der Waals surface area contributed by atoms with Gasteiger partial charge in [-0.05, 0) is 60.7 Å². The molecule has 3 aromatic carbocycles. The highest BCUT2D eigenvalue weighted by Crippen LogP contribution is 2.24. The van der Waals surface area contributed by atoms with Crippen LogP contribution in [0.2, 0.25) is 0 Å². The van der Waals surface area contributed by atoms with Crippen molar-refractivity contribution in [3.63, 3.8) is 0 Å². The van der Waals surface area contributed by atoms with Crippen molar-refractivity contribution in [2.24, 2.45) is 0 Å². The minimum absolute atomic E-state index is 0.0862. The van der Waals surface area contributed by atoms with Crippen molar-refractivity contribution in [1.29, 1.82) is 0 Å². The lowest BCUT2D eigenvalue weighted by Crippen LogP contribution is -2.54. The zero-order chi connectivity index (χ0) is 30.2. The molecule has 3 aromatic rings. The fraction of sp³-hybridized carbons (Fsp3) is 0.375. The molecule has 220 valence electrons. The van der Waals surface area contributed by atoms with Gasteiger partial charge >= 0.3 is 0 Å². The first-order valence-electron chi connectivity index (χ1n) is 13.7. The van der Waals surface area contributed by atoms with E-state index in [1.807, 2.05) is 68.4 Å². The Bertz CT molecular complexity index is 1410. The highest BCUT2D eigenvalue weighted by molar-refractivity contribution is 7.92. The van der Waals surface area contributed by atoms with Crippen molar-refractivity contribution in [3.05, 3.63) is 95.6 Å². The third kappa shape index (κ3) is 9.08. The summed E-state index contributed by atoms with van der Waals surface area (Å²) in [5.74, 6) is 0.0800. The van der Waals surface area contributed by atoms with Gasteiger partial charge < -0.3 is 15.0 Å². The summed E-state index contributed by atoms with van der Waals surface area (Å²) in [6.07, 6.45) is 1.34. The number of ether oxygens (including phenoxy) is 1. The minimum Gasteiger partial charge on any atom is -0.497 e. The quantitative estimate of drug-likeness (QED) is 0.315. The Balaban J connectivity index is 2.06. The van der Waals surface area contributed by atoms with E-state index in [0.29, 0.717) is 11.4 Å². The SMILES string of the molecule is COc1cccc(CN(C(=O)CN(c2ccc(C(C)C)cc2)S(C)(=O)=O)[C@H](Cc2ccccc2)C(=O)NC(C)C)c1. The summed E-state index contributed by atoms with van der Waals surface area (Å²) in [7, 11) is -2.26. The molecule has 1 atom stereocenters. The van der Waals surface area contributed by atoms with Gasteiger partial charge in [-0.2, -0.15) is 0 Å². The van der Waals surface area contributed by atoms with E-state index in [4.69, 9.17) is 4.74 Å². The molecule has 41 heavy (non-hydrogen) atoms. The van der Waals surface area contributed by atoms with Crippen LogP contribution in [-0.4, -0.2) is 57.1 Å². The topological polar surface area (TPSA) is 96.0 Å². The van der Waals surface area contributed by atoms with Gasteiger partial charge in [0, 0.05) is 19.0 Å². The molecule has 3 rings (SSSR count). The molecule has 1 N–H and O–H groups in total. The van der Waals surface area contributed by atoms with Crippen LogP contribution in [0.3, 0.4) is 0 Å². The maximum atomic E-state index is 14.1. The first kappa shape index (κ1) is 31.7. The van der Waals surface area contributed by atoms with Gasteiger partial charge in [0.15, 0.2) is 0 Å². The fourth-order valence-corrected chi connectivity index (χ4v) is 5.39. The maximum Gasteiger partial charge on any atom is 0.244 e. The molecule has 2 amide bonds. The predicted molar refractivity (Wildman–Crippen MR) is 163 cm³/mol. The second-order valence-corrected chi connectivity index (χ2v) is 12.7. The Hall–Kier alpha value is -3.85. The zero-order valence-electron chi connectivity index (χ0n) is 24.7. The smallest absolute Gasteiger partial charge is 0.244 e. The van der Waals surface area contributed by atoms with Crippen molar-refractivity contribution < 1.29 is 22.7 Å². The minimum atomic E-state index is -3.82. The standard InChI is InChI=1S/C32H41N3O5S/c1-23(2)27-15-17-28(18-16-27)35(41(6,38)39)22-31(36)34(21-26-13-10-14-29(19-26)40-5)30(32(37)33-24(3)4)20-25-11-8-7-9-12-25/h7-19,23-24,30H,20-22H2,1-6H3,(H,33,37)/t30-/m1/s1. The molecule has 0 heterocycles. The molecule has 8 nitrogen and oxygen atoms in total. The second kappa shape index (κ2) is 14.2. The molecule has 0 aliphatic heterocycles. The number of rotatable bonds is 13. The van der Waals surface area contributed by atoms with Crippen molar-refractivity contribution in [3.8, 4) is 5.75 Å². The number of anilines is 1. The lowest BCUT2D eigenvalue weighted by molar-refractivity contribution is -0.140. The summed E-state index contributed by atoms with van der Waals surface area (Å²) in [6, 6.07) is 22.9. The molecule has 9 heteroatoms. The average Bonchev–Trinajstić information content (AvgIpc) is 2.93. The number of amides is 2. The van der Waals surface area contributed by atoms with Crippen molar-refractivity contribution in [2.75, 3.05) is 24.2 Å². The molecular weight excluding hydrogens is 538 g/mol. The fourth-order valence-electron chi connectivity index (χ4n) is 4.54. The van der Waals surface area contributed by atoms with E-state index in [1.165, 1.54) is 4.90 Å². The molecule has 0 aliphatic carbocycles. The van der Waals surface area contributed by atoms with E-state index in [0.717, 1.165) is 27.3 Å². The molecule has 0 saturated carbocycles. The van der Waals surface area contributed by atoms with Crippen LogP contribution in [-0.2, 0) is 32.6 Å². The molecule has 0 bridgehead atoms. The number of nitrogens with one attached hydrogen (secondary N) is 1. The Kier molecular flexibility index (Phi) is 10.9. The van der Waals surface area contributed by atoms with Gasteiger partial charge in [-0.15, -0.1) is 0 Å². The monoisotopic (exact) mass is 579 g/mol. The molecule has 0 aromatic heterocycles. The third-order valence-corrected chi connectivity index (χ3v) is 7.86. The van der Waals surface area contributed by atoms with Crippen LogP contribution in [0, 0.1) is 0 Å². The van der Waals surface area contributed by atoms with Gasteiger partial charge in [-0.25, -0.2) is 8.42 Å². The molecular formula is C32H41N3O5S. The van der Waals surface area contributed by atoms with Crippen LogP contribution >= 0.6 is 0 Å². The number of carbonyl (C=O) groups is 2. The Morgan fingerprint density at radius 1 is 0.878 bits per heavy atom. The number of hydrogen-bond donors (Lipinski definition) is 1. The Morgan fingerprint density at radius 3 is 2.07 bits per heavy atom. The average molecular weight is 580 g/mol. The largest absolute Gasteiger partial charge is 0.497 e. The van der Waals surface area contributed by atoms with E-state index >= 15 is 0 Å². The van der Waals surface area contributed by atoms with Crippen LogP contribution < -0.4 is 14.4 Å². The summed E-state index contributed by atoms with van der Waals surface area (Å²) in [4.78, 5) is 29.2. The summed E-state index contributed by atoms with van der Waals surface area (Å²) in [5.41, 5.74) is 3.07. The van der Waals surface area contributed by atoms with Gasteiger partial charge in [0.2, 0.25) is 21.8 Å². The molecule has 0 saturated heterocycles. The normalized spacial score (nSPS) is 12.2. The molecule has 0 unspecified atom stereocenters. The van der Waals surface area contributed by atoms with Gasteiger partial charge in [0.05, 0.1) is 19.1 Å². The van der Waals surface area contributed by atoms with Crippen molar-refractivity contribution in [1.82, 2.24) is 10.2 Å². The molecule has 0 aliphatic rings. The van der Waals surface area contributed by atoms with Crippen LogP contribution in [0.15, 0.2) is 78.9 Å². The summed E-state index contributed by atoms with van der Waals surface area (Å²) < 4.78 is 32.4. The first-order valence-corrected chi connectivity index (χ1v) is 15.6. The number of methoxy groups -OCH3 is 1. The van der Waals surface area contributed by atoms with Gasteiger partial charge in [0.1, 0.15) is 18.3 Å². The number of hydrogen-bond acceptors (Lipinski definition) is 5. The van der Waals surface area contributed by atoms with Crippen LogP contribution in [0.25, 0.3) is 0 Å². The second-order valence-electron chi connectivity index (χ2n) is 10.8. The van der Waals surface area contributed by atoms with E-state index in [-0.39, 0.29) is 30.8 Å². The molecule has 0 spiro atoms. The lowest BCUT2D eigenvalue weighted by Gasteiger charge is -2.34. The van der Waals surface area contributed by atoms with Crippen LogP contribution in [0.5, 0.6) is 5.75 Å². The molecule has 0 radical (unpaired) electrons. The number of benzene rings is 3. The maximum absolute atomic E-state index is 14.1. The Morgan fingerprint density at radius 2 is 1.51 bits per heavy atom. The number of carbonyl (C=O) groups excluding carboxylic acids is 2. The van der Waals surface area contributed by atoms with Gasteiger partial charge in [0.25, 0.3) is 0 Å². The third-order valence-electron chi connectivity index (χ3n) is 6.72. The zero-order valence-corrected chi connectivity index (χ0v) is 25.5. The van der Waals surface area contributed by atoms with Crippen LogP contribution in [0.4, 0.5) is 5.69 Å². The van der Waals surface area contributed by atoms with Crippen molar-refractivity contribution >= 4 is 27.5 Å². The van der Waals surface area contributed by atoms with Gasteiger partial charge in [-0.3, -0.25) is 13.9 Å². The summed E-state index contributed by atoms with van der Waals surface area (Å²) in [5, 5.41) is 2.95. The predicted octanol–water partition coefficient (Wildman–Crippen LogP) is 4.75. The Labute approximate surface area is 244 Å². The highest BCUT2D eigenvalue weighted by Gasteiger charge is 2.33. The van der Waals surface area contributed by atoms with Gasteiger partial charge in [-0.1, -0.05) is 68.4 Å². The number of sulfonamides is 1. The van der Waals surface area contributed by atoms with E-state index < -0.39 is 28.5 Å².